The fraction of sp³-hybridized carbons (Fsp3) is 0.867. The Morgan fingerprint density at radius 1 is 1.33 bits per heavy atom. The Balaban J connectivity index is 2.50. The summed E-state index contributed by atoms with van der Waals surface area (Å²) < 4.78 is 0. The minimum absolute atomic E-state index is 0.259. The third kappa shape index (κ3) is 4.38. The first-order valence-electron chi connectivity index (χ1n) is 6.91. The maximum atomic E-state index is 10.5. The van der Waals surface area contributed by atoms with Gasteiger partial charge in [-0.25, -0.2) is 0 Å². The van der Waals surface area contributed by atoms with Crippen LogP contribution in [0.2, 0.25) is 0 Å². The first kappa shape index (κ1) is 15.7. The summed E-state index contributed by atoms with van der Waals surface area (Å²) in [4.78, 5) is 0. The lowest BCUT2D eigenvalue weighted by Crippen LogP contribution is -2.40. The average Bonchev–Trinajstić information content (AvgIpc) is 2.25. The van der Waals surface area contributed by atoms with Crippen molar-refractivity contribution in [1.29, 1.82) is 0 Å². The van der Waals surface area contributed by atoms with Gasteiger partial charge in [-0.1, -0.05) is 11.6 Å². The average molecular weight is 256 g/mol. The number of aliphatic hydroxyl groups excluding tert-OH is 1. The second kappa shape index (κ2) is 5.72. The van der Waals surface area contributed by atoms with E-state index in [0.717, 1.165) is 19.3 Å². The van der Waals surface area contributed by atoms with Crippen molar-refractivity contribution in [2.24, 2.45) is 5.92 Å². The summed E-state index contributed by atoms with van der Waals surface area (Å²) in [7, 11) is 0. The van der Waals surface area contributed by atoms with Crippen LogP contribution in [0, 0.1) is 5.92 Å². The van der Waals surface area contributed by atoms with Crippen molar-refractivity contribution in [3.05, 3.63) is 11.6 Å². The lowest BCUT2D eigenvalue weighted by atomic mass is 9.75. The standard InChI is InChI=1S/C15H28O3/c1-11-5-7-12(8-6-11)15(4,18)10-9-13(16)14(2,3)17/h5,12-13,16-18H,6-10H2,1-4H3/t12-,13?,15+/m1/s1. The normalized spacial score (nSPS) is 26.4. The van der Waals surface area contributed by atoms with Crippen LogP contribution in [-0.2, 0) is 0 Å². The fourth-order valence-electron chi connectivity index (χ4n) is 2.52. The van der Waals surface area contributed by atoms with Crippen molar-refractivity contribution >= 4 is 0 Å². The second-order valence-electron chi connectivity index (χ2n) is 6.59. The van der Waals surface area contributed by atoms with Gasteiger partial charge in [0.05, 0.1) is 17.3 Å². The molecule has 0 aliphatic heterocycles. The summed E-state index contributed by atoms with van der Waals surface area (Å²) in [5, 5.41) is 30.0. The molecule has 0 bridgehead atoms. The van der Waals surface area contributed by atoms with Crippen molar-refractivity contribution in [2.75, 3.05) is 0 Å². The SMILES string of the molecule is CC1=CC[C@@H]([C@@](C)(O)CCC(O)C(C)(C)O)CC1. The Hall–Kier alpha value is -0.380. The highest BCUT2D eigenvalue weighted by Gasteiger charge is 2.34. The van der Waals surface area contributed by atoms with Gasteiger partial charge in [0.1, 0.15) is 0 Å². The van der Waals surface area contributed by atoms with E-state index < -0.39 is 17.3 Å². The van der Waals surface area contributed by atoms with Gasteiger partial charge in [-0.2, -0.15) is 0 Å². The Morgan fingerprint density at radius 2 is 1.94 bits per heavy atom. The van der Waals surface area contributed by atoms with Gasteiger partial charge < -0.3 is 15.3 Å². The van der Waals surface area contributed by atoms with Gasteiger partial charge in [0.25, 0.3) is 0 Å². The van der Waals surface area contributed by atoms with E-state index in [4.69, 9.17) is 0 Å². The lowest BCUT2D eigenvalue weighted by Gasteiger charge is -2.36. The van der Waals surface area contributed by atoms with Crippen molar-refractivity contribution in [2.45, 2.75) is 77.1 Å². The van der Waals surface area contributed by atoms with Crippen LogP contribution < -0.4 is 0 Å². The van der Waals surface area contributed by atoms with Gasteiger partial charge in [-0.05, 0) is 65.7 Å². The van der Waals surface area contributed by atoms with E-state index >= 15 is 0 Å². The maximum Gasteiger partial charge on any atom is 0.0849 e. The number of hydrogen-bond acceptors (Lipinski definition) is 3. The van der Waals surface area contributed by atoms with Crippen molar-refractivity contribution in [3.8, 4) is 0 Å². The summed E-state index contributed by atoms with van der Waals surface area (Å²) in [6.45, 7) is 7.17. The van der Waals surface area contributed by atoms with Crippen molar-refractivity contribution < 1.29 is 15.3 Å². The first-order chi connectivity index (χ1) is 8.13. The second-order valence-corrected chi connectivity index (χ2v) is 6.59. The third-order valence-electron chi connectivity index (χ3n) is 4.26. The smallest absolute Gasteiger partial charge is 0.0849 e. The minimum atomic E-state index is -1.10. The molecular weight excluding hydrogens is 228 g/mol. The van der Waals surface area contributed by atoms with Crippen molar-refractivity contribution in [3.63, 3.8) is 0 Å². The molecule has 18 heavy (non-hydrogen) atoms. The molecule has 1 unspecified atom stereocenters. The molecule has 3 heteroatoms. The van der Waals surface area contributed by atoms with E-state index in [1.165, 1.54) is 5.57 Å². The number of hydrogen-bond donors (Lipinski definition) is 3. The predicted octanol–water partition coefficient (Wildman–Crippen LogP) is 2.40. The molecule has 0 radical (unpaired) electrons. The number of rotatable bonds is 5. The fourth-order valence-corrected chi connectivity index (χ4v) is 2.52. The first-order valence-corrected chi connectivity index (χ1v) is 6.91. The van der Waals surface area contributed by atoms with Crippen LogP contribution >= 0.6 is 0 Å². The van der Waals surface area contributed by atoms with Gasteiger partial charge >= 0.3 is 0 Å². The van der Waals surface area contributed by atoms with E-state index in [2.05, 4.69) is 13.0 Å². The van der Waals surface area contributed by atoms with E-state index in [1.54, 1.807) is 13.8 Å². The van der Waals surface area contributed by atoms with Crippen LogP contribution in [0.1, 0.15) is 59.8 Å². The topological polar surface area (TPSA) is 60.7 Å². The molecule has 0 amide bonds. The summed E-state index contributed by atoms with van der Waals surface area (Å²) in [6, 6.07) is 0. The van der Waals surface area contributed by atoms with E-state index in [-0.39, 0.29) is 5.92 Å². The molecule has 0 heterocycles. The molecular formula is C15H28O3. The Kier molecular flexibility index (Phi) is 4.98. The maximum absolute atomic E-state index is 10.5. The lowest BCUT2D eigenvalue weighted by molar-refractivity contribution is -0.0733. The number of allylic oxidation sites excluding steroid dienone is 2. The highest BCUT2D eigenvalue weighted by molar-refractivity contribution is 5.05. The molecule has 3 atom stereocenters. The Labute approximate surface area is 111 Å². The largest absolute Gasteiger partial charge is 0.390 e. The molecule has 0 saturated heterocycles. The van der Waals surface area contributed by atoms with Crippen LogP contribution in [0.25, 0.3) is 0 Å². The minimum Gasteiger partial charge on any atom is -0.390 e. The van der Waals surface area contributed by atoms with E-state index in [9.17, 15) is 15.3 Å². The van der Waals surface area contributed by atoms with E-state index in [1.807, 2.05) is 6.92 Å². The van der Waals surface area contributed by atoms with Gasteiger partial charge in [0.2, 0.25) is 0 Å². The zero-order chi connectivity index (χ0) is 14.0. The van der Waals surface area contributed by atoms with Crippen LogP contribution in [0.15, 0.2) is 11.6 Å². The highest BCUT2D eigenvalue weighted by Crippen LogP contribution is 2.35. The van der Waals surface area contributed by atoms with Gasteiger partial charge in [-0.15, -0.1) is 0 Å². The van der Waals surface area contributed by atoms with Gasteiger partial charge in [0, 0.05) is 0 Å². The third-order valence-corrected chi connectivity index (χ3v) is 4.26. The molecule has 3 N–H and O–H groups in total. The molecule has 0 aromatic heterocycles. The van der Waals surface area contributed by atoms with Gasteiger partial charge in [0.15, 0.2) is 0 Å². The molecule has 1 rings (SSSR count). The molecule has 0 aromatic rings. The molecule has 1 aliphatic carbocycles. The van der Waals surface area contributed by atoms with Crippen LogP contribution in [0.4, 0.5) is 0 Å². The summed E-state index contributed by atoms with van der Waals surface area (Å²) in [6.07, 6.45) is 5.34. The monoisotopic (exact) mass is 256 g/mol. The molecule has 0 saturated carbocycles. The Morgan fingerprint density at radius 3 is 2.39 bits per heavy atom. The molecule has 0 fully saturated rings. The summed E-state index contributed by atoms with van der Waals surface area (Å²) >= 11 is 0. The Bertz CT molecular complexity index is 299. The number of aliphatic hydroxyl groups is 3. The highest BCUT2D eigenvalue weighted by atomic mass is 16.3. The zero-order valence-corrected chi connectivity index (χ0v) is 12.1. The van der Waals surface area contributed by atoms with Crippen LogP contribution in [0.3, 0.4) is 0 Å². The van der Waals surface area contributed by atoms with Crippen molar-refractivity contribution in [1.82, 2.24) is 0 Å². The van der Waals surface area contributed by atoms with Crippen LogP contribution in [-0.4, -0.2) is 32.6 Å². The quantitative estimate of drug-likeness (QED) is 0.662. The molecule has 106 valence electrons. The predicted molar refractivity (Wildman–Crippen MR) is 73.3 cm³/mol. The molecule has 1 aliphatic rings. The van der Waals surface area contributed by atoms with Crippen LogP contribution in [0.5, 0.6) is 0 Å². The molecule has 3 nitrogen and oxygen atoms in total. The van der Waals surface area contributed by atoms with Gasteiger partial charge in [-0.3, -0.25) is 0 Å². The molecule has 0 aromatic carbocycles. The summed E-state index contributed by atoms with van der Waals surface area (Å²) in [5.74, 6) is 0.259. The zero-order valence-electron chi connectivity index (χ0n) is 12.1. The molecule has 0 spiro atoms. The van der Waals surface area contributed by atoms with E-state index in [0.29, 0.717) is 12.8 Å². The summed E-state index contributed by atoms with van der Waals surface area (Å²) in [5.41, 5.74) is -0.457.